The number of hydrogen-bond acceptors (Lipinski definition) is 2. The first-order valence-electron chi connectivity index (χ1n) is 5.76. The van der Waals surface area contributed by atoms with Gasteiger partial charge in [0.25, 0.3) is 0 Å². The Morgan fingerprint density at radius 3 is 2.74 bits per heavy atom. The van der Waals surface area contributed by atoms with Gasteiger partial charge in [0.1, 0.15) is 5.82 Å². The fraction of sp³-hybridized carbons (Fsp3) is 0.0714. The Morgan fingerprint density at radius 1 is 1.21 bits per heavy atom. The molecular formula is C14H11BrFN3. The van der Waals surface area contributed by atoms with Gasteiger partial charge in [-0.1, -0.05) is 6.07 Å². The van der Waals surface area contributed by atoms with Gasteiger partial charge in [-0.05, 0) is 58.7 Å². The number of anilines is 1. The molecule has 0 saturated carbocycles. The van der Waals surface area contributed by atoms with Crippen molar-refractivity contribution in [2.24, 2.45) is 0 Å². The SMILES string of the molecule is Cc1ccc2nc(N)n(-c3ccc(Br)c(F)c3)c2c1. The Morgan fingerprint density at radius 2 is 2.00 bits per heavy atom. The molecule has 1 aromatic heterocycles. The molecule has 19 heavy (non-hydrogen) atoms. The number of imidazole rings is 1. The lowest BCUT2D eigenvalue weighted by atomic mass is 10.2. The van der Waals surface area contributed by atoms with E-state index in [2.05, 4.69) is 20.9 Å². The number of aromatic nitrogens is 2. The summed E-state index contributed by atoms with van der Waals surface area (Å²) in [6, 6.07) is 10.8. The van der Waals surface area contributed by atoms with Crippen molar-refractivity contribution in [3.05, 3.63) is 52.3 Å². The minimum absolute atomic E-state index is 0.327. The number of rotatable bonds is 1. The van der Waals surface area contributed by atoms with Crippen molar-refractivity contribution in [2.75, 3.05) is 5.73 Å². The van der Waals surface area contributed by atoms with Crippen LogP contribution in [0.3, 0.4) is 0 Å². The van der Waals surface area contributed by atoms with Crippen molar-refractivity contribution in [1.82, 2.24) is 9.55 Å². The van der Waals surface area contributed by atoms with E-state index in [1.807, 2.05) is 25.1 Å². The van der Waals surface area contributed by atoms with Crippen LogP contribution in [0.2, 0.25) is 0 Å². The van der Waals surface area contributed by atoms with E-state index < -0.39 is 0 Å². The summed E-state index contributed by atoms with van der Waals surface area (Å²) >= 11 is 3.14. The van der Waals surface area contributed by atoms with Crippen molar-refractivity contribution in [3.8, 4) is 5.69 Å². The molecular weight excluding hydrogens is 309 g/mol. The number of hydrogen-bond donors (Lipinski definition) is 1. The molecule has 0 fully saturated rings. The maximum Gasteiger partial charge on any atom is 0.205 e. The molecule has 96 valence electrons. The van der Waals surface area contributed by atoms with Gasteiger partial charge in [0, 0.05) is 0 Å². The third-order valence-corrected chi connectivity index (χ3v) is 3.64. The monoisotopic (exact) mass is 319 g/mol. The predicted molar refractivity (Wildman–Crippen MR) is 77.9 cm³/mol. The first-order valence-corrected chi connectivity index (χ1v) is 6.55. The van der Waals surface area contributed by atoms with Crippen molar-refractivity contribution < 1.29 is 4.39 Å². The fourth-order valence-electron chi connectivity index (χ4n) is 2.10. The number of nitrogen functional groups attached to an aromatic ring is 1. The summed E-state index contributed by atoms with van der Waals surface area (Å²) in [6.07, 6.45) is 0. The highest BCUT2D eigenvalue weighted by Crippen LogP contribution is 2.26. The van der Waals surface area contributed by atoms with Crippen LogP contribution < -0.4 is 5.73 Å². The Bertz CT molecular complexity index is 780. The van der Waals surface area contributed by atoms with Gasteiger partial charge in [-0.15, -0.1) is 0 Å². The van der Waals surface area contributed by atoms with Crippen LogP contribution in [0.1, 0.15) is 5.56 Å². The van der Waals surface area contributed by atoms with Gasteiger partial charge in [-0.3, -0.25) is 4.57 Å². The molecule has 0 aliphatic carbocycles. The molecule has 3 rings (SSSR count). The number of benzene rings is 2. The van der Waals surface area contributed by atoms with Crippen molar-refractivity contribution in [1.29, 1.82) is 0 Å². The maximum atomic E-state index is 13.7. The summed E-state index contributed by atoms with van der Waals surface area (Å²) in [5.41, 5.74) is 9.37. The van der Waals surface area contributed by atoms with Crippen molar-refractivity contribution in [2.45, 2.75) is 6.92 Å². The van der Waals surface area contributed by atoms with E-state index in [1.165, 1.54) is 6.07 Å². The first-order chi connectivity index (χ1) is 9.06. The van der Waals surface area contributed by atoms with Gasteiger partial charge in [-0.25, -0.2) is 9.37 Å². The van der Waals surface area contributed by atoms with Crippen LogP contribution in [-0.4, -0.2) is 9.55 Å². The zero-order chi connectivity index (χ0) is 13.6. The number of fused-ring (bicyclic) bond motifs is 1. The van der Waals surface area contributed by atoms with Crippen LogP contribution in [-0.2, 0) is 0 Å². The summed E-state index contributed by atoms with van der Waals surface area (Å²) in [4.78, 5) is 4.29. The molecule has 0 unspecified atom stereocenters. The number of halogens is 2. The summed E-state index contributed by atoms with van der Waals surface area (Å²) < 4.78 is 15.8. The molecule has 0 amide bonds. The fourth-order valence-corrected chi connectivity index (χ4v) is 2.35. The third-order valence-electron chi connectivity index (χ3n) is 3.00. The molecule has 0 radical (unpaired) electrons. The van der Waals surface area contributed by atoms with Gasteiger partial charge in [0.2, 0.25) is 5.95 Å². The first kappa shape index (κ1) is 12.2. The predicted octanol–water partition coefficient (Wildman–Crippen LogP) is 3.82. The summed E-state index contributed by atoms with van der Waals surface area (Å²) in [5.74, 6) is 0.0220. The zero-order valence-corrected chi connectivity index (χ0v) is 11.8. The summed E-state index contributed by atoms with van der Waals surface area (Å²) in [5, 5.41) is 0. The molecule has 0 aliphatic heterocycles. The Balaban J connectivity index is 2.31. The second-order valence-electron chi connectivity index (χ2n) is 4.40. The van der Waals surface area contributed by atoms with E-state index in [0.717, 1.165) is 16.6 Å². The average Bonchev–Trinajstić information content (AvgIpc) is 2.68. The molecule has 0 saturated heterocycles. The van der Waals surface area contributed by atoms with Crippen LogP contribution >= 0.6 is 15.9 Å². The highest BCUT2D eigenvalue weighted by atomic mass is 79.9. The Hall–Kier alpha value is -1.88. The van der Waals surface area contributed by atoms with Gasteiger partial charge >= 0.3 is 0 Å². The molecule has 0 bridgehead atoms. The second-order valence-corrected chi connectivity index (χ2v) is 5.25. The quantitative estimate of drug-likeness (QED) is 0.741. The lowest BCUT2D eigenvalue weighted by Gasteiger charge is -2.07. The van der Waals surface area contributed by atoms with Crippen LogP contribution in [0.5, 0.6) is 0 Å². The second kappa shape index (κ2) is 4.35. The topological polar surface area (TPSA) is 43.8 Å². The molecule has 3 nitrogen and oxygen atoms in total. The molecule has 3 aromatic rings. The minimum Gasteiger partial charge on any atom is -0.369 e. The standard InChI is InChI=1S/C14H11BrFN3/c1-8-2-5-12-13(6-8)19(14(17)18-12)9-3-4-10(15)11(16)7-9/h2-7H,1H3,(H2,17,18). The zero-order valence-electron chi connectivity index (χ0n) is 10.2. The lowest BCUT2D eigenvalue weighted by Crippen LogP contribution is -2.01. The van der Waals surface area contributed by atoms with E-state index in [0.29, 0.717) is 16.1 Å². The molecule has 1 heterocycles. The van der Waals surface area contributed by atoms with Crippen molar-refractivity contribution >= 4 is 32.9 Å². The van der Waals surface area contributed by atoms with E-state index in [-0.39, 0.29) is 5.82 Å². The van der Waals surface area contributed by atoms with E-state index in [1.54, 1.807) is 16.7 Å². The van der Waals surface area contributed by atoms with Crippen LogP contribution in [0.25, 0.3) is 16.7 Å². The number of aryl methyl sites for hydroxylation is 1. The van der Waals surface area contributed by atoms with Crippen LogP contribution in [0.4, 0.5) is 10.3 Å². The van der Waals surface area contributed by atoms with E-state index in [9.17, 15) is 4.39 Å². The lowest BCUT2D eigenvalue weighted by molar-refractivity contribution is 0.620. The van der Waals surface area contributed by atoms with Gasteiger partial charge in [-0.2, -0.15) is 0 Å². The smallest absolute Gasteiger partial charge is 0.205 e. The number of nitrogens with zero attached hydrogens (tertiary/aromatic N) is 2. The Labute approximate surface area is 118 Å². The van der Waals surface area contributed by atoms with E-state index >= 15 is 0 Å². The summed E-state index contributed by atoms with van der Waals surface area (Å²) in [6.45, 7) is 2.00. The largest absolute Gasteiger partial charge is 0.369 e. The molecule has 0 spiro atoms. The normalized spacial score (nSPS) is 11.1. The van der Waals surface area contributed by atoms with Crippen molar-refractivity contribution in [3.63, 3.8) is 0 Å². The molecule has 2 aromatic carbocycles. The average molecular weight is 320 g/mol. The van der Waals surface area contributed by atoms with Gasteiger partial charge in [0.15, 0.2) is 0 Å². The Kier molecular flexibility index (Phi) is 2.78. The van der Waals surface area contributed by atoms with Gasteiger partial charge < -0.3 is 5.73 Å². The van der Waals surface area contributed by atoms with Crippen LogP contribution in [0.15, 0.2) is 40.9 Å². The number of nitrogens with two attached hydrogens (primary N) is 1. The highest BCUT2D eigenvalue weighted by molar-refractivity contribution is 9.10. The molecule has 5 heteroatoms. The summed E-state index contributed by atoms with van der Waals surface area (Å²) in [7, 11) is 0. The molecule has 2 N–H and O–H groups in total. The maximum absolute atomic E-state index is 13.7. The highest BCUT2D eigenvalue weighted by Gasteiger charge is 2.11. The van der Waals surface area contributed by atoms with E-state index in [4.69, 9.17) is 5.73 Å². The van der Waals surface area contributed by atoms with Gasteiger partial charge in [0.05, 0.1) is 21.2 Å². The van der Waals surface area contributed by atoms with Crippen LogP contribution in [0, 0.1) is 12.7 Å². The minimum atomic E-state index is -0.327. The third kappa shape index (κ3) is 2.00. The molecule has 0 aliphatic rings. The molecule has 0 atom stereocenters.